The molecule has 1 saturated heterocycles. The molecule has 1 amide bonds. The Morgan fingerprint density at radius 2 is 2.12 bits per heavy atom. The van der Waals surface area contributed by atoms with E-state index in [0.29, 0.717) is 24.7 Å². The summed E-state index contributed by atoms with van der Waals surface area (Å²) in [6, 6.07) is 1.65. The average Bonchev–Trinajstić information content (AvgIpc) is 3.46. The summed E-state index contributed by atoms with van der Waals surface area (Å²) in [6.07, 6.45) is 9.74. The topological polar surface area (TPSA) is 69.0 Å². The first-order valence-corrected chi connectivity index (χ1v) is 9.27. The molecule has 1 aliphatic carbocycles. The predicted octanol–water partition coefficient (Wildman–Crippen LogP) is 2.31. The van der Waals surface area contributed by atoms with Crippen molar-refractivity contribution >= 4 is 16.9 Å². The van der Waals surface area contributed by atoms with E-state index in [1.54, 1.807) is 4.68 Å². The molecule has 1 atom stereocenters. The van der Waals surface area contributed by atoms with Gasteiger partial charge >= 0.3 is 0 Å². The van der Waals surface area contributed by atoms with Crippen molar-refractivity contribution in [2.24, 2.45) is 13.0 Å². The number of fused-ring (bicyclic) bond motifs is 1. The second-order valence-electron chi connectivity index (χ2n) is 7.34. The zero-order valence-electron chi connectivity index (χ0n) is 15.3. The van der Waals surface area contributed by atoms with Gasteiger partial charge in [-0.25, -0.2) is 4.98 Å². The molecule has 3 heterocycles. The molecule has 2 aliphatic rings. The van der Waals surface area contributed by atoms with Crippen LogP contribution in [-0.2, 0) is 11.8 Å². The number of nitrogens with one attached hydrogen (secondary N) is 1. The number of carbonyl (C=O) groups is 1. The van der Waals surface area contributed by atoms with Crippen LogP contribution in [0.3, 0.4) is 0 Å². The predicted molar refractivity (Wildman–Crippen MR) is 98.9 cm³/mol. The number of hydrogen-bond donors (Lipinski definition) is 1. The monoisotopic (exact) mass is 352 g/mol. The molecule has 0 aromatic carbocycles. The lowest BCUT2D eigenvalue weighted by Crippen LogP contribution is -2.41. The standard InChI is InChI=1S/C20H24N4O2/c1-4-16(14-7-9-26-10-8-14)22-20(25)15-11-17(13-5-6-13)21-19-18(15)12(2)23-24(19)3/h1,11,13-14,16H,5-10H2,2-3H3,(H,22,25)/t16-/m1/s1. The first-order chi connectivity index (χ1) is 12.6. The molecule has 26 heavy (non-hydrogen) atoms. The SMILES string of the molecule is C#C[C@@H](NC(=O)c1cc(C2CC2)nc2c1c(C)nn2C)C1CCOCC1. The number of nitrogens with zero attached hydrogens (tertiary/aromatic N) is 3. The van der Waals surface area contributed by atoms with Gasteiger partial charge in [-0.2, -0.15) is 5.10 Å². The molecular weight excluding hydrogens is 328 g/mol. The highest BCUT2D eigenvalue weighted by Gasteiger charge is 2.30. The van der Waals surface area contributed by atoms with Crippen molar-refractivity contribution in [3.8, 4) is 12.3 Å². The zero-order chi connectivity index (χ0) is 18.3. The summed E-state index contributed by atoms with van der Waals surface area (Å²) < 4.78 is 7.16. The summed E-state index contributed by atoms with van der Waals surface area (Å²) in [5.74, 6) is 3.35. The number of terminal acetylenes is 1. The van der Waals surface area contributed by atoms with E-state index in [-0.39, 0.29) is 17.9 Å². The fourth-order valence-electron chi connectivity index (χ4n) is 3.80. The van der Waals surface area contributed by atoms with Crippen molar-refractivity contribution in [3.05, 3.63) is 23.0 Å². The molecule has 2 aromatic rings. The largest absolute Gasteiger partial charge is 0.381 e. The van der Waals surface area contributed by atoms with E-state index in [1.807, 2.05) is 20.0 Å². The highest BCUT2D eigenvalue weighted by Crippen LogP contribution is 2.40. The number of pyridine rings is 1. The Morgan fingerprint density at radius 3 is 2.77 bits per heavy atom. The van der Waals surface area contributed by atoms with Crippen molar-refractivity contribution in [1.29, 1.82) is 0 Å². The minimum Gasteiger partial charge on any atom is -0.381 e. The minimum atomic E-state index is -0.282. The van der Waals surface area contributed by atoms with Crippen LogP contribution in [0.1, 0.15) is 53.3 Å². The molecule has 136 valence electrons. The third-order valence-electron chi connectivity index (χ3n) is 5.43. The fourth-order valence-corrected chi connectivity index (χ4v) is 3.80. The van der Waals surface area contributed by atoms with Crippen molar-refractivity contribution in [1.82, 2.24) is 20.1 Å². The summed E-state index contributed by atoms with van der Waals surface area (Å²) in [6.45, 7) is 3.31. The van der Waals surface area contributed by atoms with E-state index in [9.17, 15) is 4.79 Å². The van der Waals surface area contributed by atoms with E-state index in [2.05, 4.69) is 16.3 Å². The van der Waals surface area contributed by atoms with Crippen LogP contribution in [0.5, 0.6) is 0 Å². The van der Waals surface area contributed by atoms with Gasteiger partial charge in [0.05, 0.1) is 22.7 Å². The summed E-state index contributed by atoms with van der Waals surface area (Å²) >= 11 is 0. The fraction of sp³-hybridized carbons (Fsp3) is 0.550. The Balaban J connectivity index is 1.68. The second kappa shape index (κ2) is 6.73. The molecule has 0 bridgehead atoms. The Hall–Kier alpha value is -2.39. The Labute approximate surface area is 153 Å². The van der Waals surface area contributed by atoms with E-state index in [1.165, 1.54) is 0 Å². The molecule has 0 spiro atoms. The van der Waals surface area contributed by atoms with Gasteiger partial charge in [0, 0.05) is 31.9 Å². The van der Waals surface area contributed by atoms with Crippen molar-refractivity contribution in [2.45, 2.75) is 44.6 Å². The van der Waals surface area contributed by atoms with Crippen molar-refractivity contribution < 1.29 is 9.53 Å². The van der Waals surface area contributed by atoms with Crippen LogP contribution >= 0.6 is 0 Å². The molecule has 4 rings (SSSR count). The number of carbonyl (C=O) groups excluding carboxylic acids is 1. The summed E-state index contributed by atoms with van der Waals surface area (Å²) in [7, 11) is 1.87. The normalized spacial score (nSPS) is 19.3. The maximum Gasteiger partial charge on any atom is 0.253 e. The number of hydrogen-bond acceptors (Lipinski definition) is 4. The van der Waals surface area contributed by atoms with E-state index in [4.69, 9.17) is 16.1 Å². The van der Waals surface area contributed by atoms with Gasteiger partial charge in [0.15, 0.2) is 5.65 Å². The number of ether oxygens (including phenoxy) is 1. The zero-order valence-corrected chi connectivity index (χ0v) is 15.3. The first-order valence-electron chi connectivity index (χ1n) is 9.27. The van der Waals surface area contributed by atoms with Crippen molar-refractivity contribution in [2.75, 3.05) is 13.2 Å². The number of aryl methyl sites for hydroxylation is 2. The molecule has 6 heteroatoms. The van der Waals surface area contributed by atoms with Gasteiger partial charge in [-0.1, -0.05) is 5.92 Å². The highest BCUT2D eigenvalue weighted by molar-refractivity contribution is 6.06. The quantitative estimate of drug-likeness (QED) is 0.858. The van der Waals surface area contributed by atoms with Crippen LogP contribution in [0.15, 0.2) is 6.07 Å². The molecule has 2 aromatic heterocycles. The molecule has 1 N–H and O–H groups in total. The Morgan fingerprint density at radius 1 is 1.38 bits per heavy atom. The lowest BCUT2D eigenvalue weighted by Gasteiger charge is -2.27. The smallest absolute Gasteiger partial charge is 0.253 e. The minimum absolute atomic E-state index is 0.134. The van der Waals surface area contributed by atoms with Gasteiger partial charge < -0.3 is 10.1 Å². The van der Waals surface area contributed by atoms with Gasteiger partial charge in [0.2, 0.25) is 0 Å². The third-order valence-corrected chi connectivity index (χ3v) is 5.43. The van der Waals surface area contributed by atoms with Crippen LogP contribution in [-0.4, -0.2) is 39.9 Å². The molecule has 1 saturated carbocycles. The maximum absolute atomic E-state index is 13.1. The van der Waals surface area contributed by atoms with Crippen molar-refractivity contribution in [3.63, 3.8) is 0 Å². The van der Waals surface area contributed by atoms with E-state index >= 15 is 0 Å². The van der Waals surface area contributed by atoms with Crippen LogP contribution in [0.2, 0.25) is 0 Å². The molecular formula is C20H24N4O2. The number of rotatable bonds is 4. The van der Waals surface area contributed by atoms with Gasteiger partial charge in [-0.3, -0.25) is 9.48 Å². The molecule has 1 aliphatic heterocycles. The molecule has 0 radical (unpaired) electrons. The Kier molecular flexibility index (Phi) is 4.41. The second-order valence-corrected chi connectivity index (χ2v) is 7.34. The lowest BCUT2D eigenvalue weighted by atomic mass is 9.92. The number of amides is 1. The third kappa shape index (κ3) is 3.08. The average molecular weight is 352 g/mol. The summed E-state index contributed by atoms with van der Waals surface area (Å²) in [4.78, 5) is 17.9. The van der Waals surface area contributed by atoms with E-state index < -0.39 is 0 Å². The number of aromatic nitrogens is 3. The molecule has 0 unspecified atom stereocenters. The van der Waals surface area contributed by atoms with Crippen LogP contribution in [0.4, 0.5) is 0 Å². The maximum atomic E-state index is 13.1. The lowest BCUT2D eigenvalue weighted by molar-refractivity contribution is 0.0579. The first kappa shape index (κ1) is 17.0. The van der Waals surface area contributed by atoms with Gasteiger partial charge in [-0.15, -0.1) is 6.42 Å². The highest BCUT2D eigenvalue weighted by atomic mass is 16.5. The van der Waals surface area contributed by atoms with Gasteiger partial charge in [0.1, 0.15) is 0 Å². The van der Waals surface area contributed by atoms with E-state index in [0.717, 1.165) is 48.1 Å². The van der Waals surface area contributed by atoms with Gasteiger partial charge in [0.25, 0.3) is 5.91 Å². The van der Waals surface area contributed by atoms with Gasteiger partial charge in [-0.05, 0) is 44.6 Å². The summed E-state index contributed by atoms with van der Waals surface area (Å²) in [5, 5.41) is 8.35. The molecule has 6 nitrogen and oxygen atoms in total. The summed E-state index contributed by atoms with van der Waals surface area (Å²) in [5.41, 5.74) is 3.19. The Bertz CT molecular complexity index is 885. The van der Waals surface area contributed by atoms with Crippen LogP contribution in [0.25, 0.3) is 11.0 Å². The molecule has 2 fully saturated rings. The van der Waals surface area contributed by atoms with Crippen LogP contribution < -0.4 is 5.32 Å². The van der Waals surface area contributed by atoms with Crippen LogP contribution in [0, 0.1) is 25.2 Å².